The number of nitrogens with one attached hydrogen (secondary N) is 2. The average molecular weight is 134 g/mol. The third-order valence-corrected chi connectivity index (χ3v) is 2.08. The van der Waals surface area contributed by atoms with E-state index in [4.69, 9.17) is 0 Å². The molecule has 0 unspecified atom stereocenters. The molecule has 2 nitrogen and oxygen atoms in total. The molecule has 8 heavy (non-hydrogen) atoms. The fraction of sp³-hybridized carbons (Fsp3) is 1.00. The van der Waals surface area contributed by atoms with Crippen LogP contribution < -0.4 is 10.6 Å². The van der Waals surface area contributed by atoms with Gasteiger partial charge in [0.1, 0.15) is 0 Å². The predicted octanol–water partition coefficient (Wildman–Crippen LogP) is 0.462. The van der Waals surface area contributed by atoms with Crippen LogP contribution in [-0.2, 0) is 0 Å². The quantitative estimate of drug-likeness (QED) is 0.546. The van der Waals surface area contributed by atoms with E-state index in [9.17, 15) is 0 Å². The van der Waals surface area contributed by atoms with Crippen LogP contribution in [-0.4, -0.2) is 25.3 Å². The molecule has 0 amide bonds. The molecule has 0 aliphatic rings. The maximum atomic E-state index is 3.12. The summed E-state index contributed by atoms with van der Waals surface area (Å²) in [5.74, 6) is 1.02. The van der Waals surface area contributed by atoms with E-state index >= 15 is 0 Å². The van der Waals surface area contributed by atoms with Gasteiger partial charge in [0.05, 0.1) is 5.37 Å². The Morgan fingerprint density at radius 2 is 2.12 bits per heavy atom. The smallest absolute Gasteiger partial charge is 0.0514 e. The van der Waals surface area contributed by atoms with Gasteiger partial charge in [0, 0.05) is 5.88 Å². The normalized spacial score (nSPS) is 13.9. The zero-order valence-electron chi connectivity index (χ0n) is 5.69. The van der Waals surface area contributed by atoms with Gasteiger partial charge in [-0.2, -0.15) is 0 Å². The first-order valence-corrected chi connectivity index (χ1v) is 3.79. The fourth-order valence-electron chi connectivity index (χ4n) is 0.292. The van der Waals surface area contributed by atoms with Crippen molar-refractivity contribution in [3.05, 3.63) is 0 Å². The summed E-state index contributed by atoms with van der Waals surface area (Å²) in [6, 6.07) is 0. The Bertz CT molecular complexity index is 49.7. The number of hydrogen-bond acceptors (Lipinski definition) is 3. The molecular weight excluding hydrogens is 120 g/mol. The first-order chi connectivity index (χ1) is 3.81. The lowest BCUT2D eigenvalue weighted by Crippen LogP contribution is -2.20. The molecule has 0 bridgehead atoms. The van der Waals surface area contributed by atoms with E-state index < -0.39 is 0 Å². The van der Waals surface area contributed by atoms with Crippen LogP contribution in [0.15, 0.2) is 0 Å². The summed E-state index contributed by atoms with van der Waals surface area (Å²) in [7, 11) is 3.92. The molecule has 0 fully saturated rings. The van der Waals surface area contributed by atoms with Crippen LogP contribution in [0.25, 0.3) is 0 Å². The van der Waals surface area contributed by atoms with Crippen LogP contribution in [0.2, 0.25) is 0 Å². The molecule has 1 atom stereocenters. The van der Waals surface area contributed by atoms with Gasteiger partial charge in [-0.25, -0.2) is 0 Å². The van der Waals surface area contributed by atoms with Gasteiger partial charge in [0.15, 0.2) is 0 Å². The highest BCUT2D eigenvalue weighted by Gasteiger charge is 1.93. The minimum Gasteiger partial charge on any atom is -0.311 e. The van der Waals surface area contributed by atoms with Gasteiger partial charge in [-0.1, -0.05) is 0 Å². The van der Waals surface area contributed by atoms with Crippen molar-refractivity contribution in [2.45, 2.75) is 12.3 Å². The molecule has 0 saturated heterocycles. The maximum absolute atomic E-state index is 3.12. The summed E-state index contributed by atoms with van der Waals surface area (Å²) in [5.41, 5.74) is 0. The molecule has 2 N–H and O–H groups in total. The fourth-order valence-corrected chi connectivity index (χ4v) is 0.875. The van der Waals surface area contributed by atoms with E-state index in [1.807, 2.05) is 25.9 Å². The van der Waals surface area contributed by atoms with Crippen LogP contribution in [0, 0.1) is 0 Å². The monoisotopic (exact) mass is 134 g/mol. The molecular formula is C5H14N2S. The van der Waals surface area contributed by atoms with Gasteiger partial charge in [-0.15, -0.1) is 11.8 Å². The number of rotatable bonds is 4. The molecule has 0 spiro atoms. The lowest BCUT2D eigenvalue weighted by Gasteiger charge is -2.07. The molecule has 0 aromatic heterocycles. The molecule has 50 valence electrons. The van der Waals surface area contributed by atoms with Crippen LogP contribution in [0.4, 0.5) is 0 Å². The van der Waals surface area contributed by atoms with Crippen molar-refractivity contribution in [3.8, 4) is 0 Å². The zero-order valence-corrected chi connectivity index (χ0v) is 6.51. The predicted molar refractivity (Wildman–Crippen MR) is 40.0 cm³/mol. The molecule has 0 rings (SSSR count). The van der Waals surface area contributed by atoms with E-state index in [0.29, 0.717) is 5.37 Å². The first-order valence-electron chi connectivity index (χ1n) is 2.74. The van der Waals surface area contributed by atoms with Gasteiger partial charge in [0.25, 0.3) is 0 Å². The second kappa shape index (κ2) is 5.41. The van der Waals surface area contributed by atoms with Gasteiger partial charge in [0.2, 0.25) is 0 Å². The van der Waals surface area contributed by atoms with E-state index in [2.05, 4.69) is 17.6 Å². The molecule has 0 aromatic carbocycles. The zero-order chi connectivity index (χ0) is 6.41. The van der Waals surface area contributed by atoms with Crippen molar-refractivity contribution < 1.29 is 0 Å². The van der Waals surface area contributed by atoms with Gasteiger partial charge in [-0.05, 0) is 21.0 Å². The Kier molecular flexibility index (Phi) is 5.59. The third kappa shape index (κ3) is 4.43. The maximum Gasteiger partial charge on any atom is 0.0514 e. The highest BCUT2D eigenvalue weighted by Crippen LogP contribution is 2.02. The number of hydrogen-bond donors (Lipinski definition) is 2. The summed E-state index contributed by atoms with van der Waals surface area (Å²) >= 11 is 1.85. The summed E-state index contributed by atoms with van der Waals surface area (Å²) in [4.78, 5) is 0. The largest absolute Gasteiger partial charge is 0.311 e. The molecule has 0 heterocycles. The molecule has 3 heteroatoms. The average Bonchev–Trinajstić information content (AvgIpc) is 1.83. The van der Waals surface area contributed by atoms with Crippen molar-refractivity contribution in [3.63, 3.8) is 0 Å². The second-order valence-corrected chi connectivity index (χ2v) is 2.92. The Hall–Kier alpha value is 0.270. The Morgan fingerprint density at radius 1 is 1.50 bits per heavy atom. The Balaban J connectivity index is 2.86. The van der Waals surface area contributed by atoms with E-state index in [1.54, 1.807) is 0 Å². The highest BCUT2D eigenvalue weighted by molar-refractivity contribution is 7.99. The van der Waals surface area contributed by atoms with Gasteiger partial charge >= 0.3 is 0 Å². The summed E-state index contributed by atoms with van der Waals surface area (Å²) in [6.45, 7) is 2.14. The van der Waals surface area contributed by atoms with Crippen molar-refractivity contribution in [2.75, 3.05) is 20.0 Å². The van der Waals surface area contributed by atoms with Crippen molar-refractivity contribution in [1.29, 1.82) is 0 Å². The van der Waals surface area contributed by atoms with Crippen molar-refractivity contribution in [2.24, 2.45) is 0 Å². The minimum atomic E-state index is 0.558. The lowest BCUT2D eigenvalue weighted by atomic mass is 10.8. The lowest BCUT2D eigenvalue weighted by molar-refractivity contribution is 0.801. The second-order valence-electron chi connectivity index (χ2n) is 1.60. The molecule has 0 aromatic rings. The SMILES string of the molecule is CNCS[C@H](C)NC. The Morgan fingerprint density at radius 3 is 2.50 bits per heavy atom. The standard InChI is InChI=1S/C5H14N2S/c1-5(7-3)8-4-6-2/h5-7H,4H2,1-3H3/t5-/m1/s1. The van der Waals surface area contributed by atoms with Crippen molar-refractivity contribution in [1.82, 2.24) is 10.6 Å². The van der Waals surface area contributed by atoms with E-state index in [0.717, 1.165) is 5.88 Å². The van der Waals surface area contributed by atoms with E-state index in [-0.39, 0.29) is 0 Å². The summed E-state index contributed by atoms with van der Waals surface area (Å²) < 4.78 is 0. The van der Waals surface area contributed by atoms with Crippen molar-refractivity contribution >= 4 is 11.8 Å². The molecule has 0 aliphatic carbocycles. The van der Waals surface area contributed by atoms with Crippen LogP contribution in [0.3, 0.4) is 0 Å². The topological polar surface area (TPSA) is 24.1 Å². The summed E-state index contributed by atoms with van der Waals surface area (Å²) in [5, 5.41) is 6.74. The summed E-state index contributed by atoms with van der Waals surface area (Å²) in [6.07, 6.45) is 0. The molecule has 0 aliphatic heterocycles. The van der Waals surface area contributed by atoms with Gasteiger partial charge in [-0.3, -0.25) is 0 Å². The van der Waals surface area contributed by atoms with Crippen LogP contribution in [0.5, 0.6) is 0 Å². The minimum absolute atomic E-state index is 0.558. The van der Waals surface area contributed by atoms with Gasteiger partial charge < -0.3 is 10.6 Å². The highest BCUT2D eigenvalue weighted by atomic mass is 32.2. The van der Waals surface area contributed by atoms with E-state index in [1.165, 1.54) is 0 Å². The number of thioether (sulfide) groups is 1. The molecule has 0 radical (unpaired) electrons. The first kappa shape index (κ1) is 8.27. The molecule has 0 saturated carbocycles. The Labute approximate surface area is 55.4 Å². The van der Waals surface area contributed by atoms with Crippen LogP contribution in [0.1, 0.15) is 6.92 Å². The third-order valence-electron chi connectivity index (χ3n) is 0.884. The van der Waals surface area contributed by atoms with Crippen LogP contribution >= 0.6 is 11.8 Å².